The predicted octanol–water partition coefficient (Wildman–Crippen LogP) is 4.32. The van der Waals surface area contributed by atoms with Gasteiger partial charge in [-0.25, -0.2) is 8.42 Å². The summed E-state index contributed by atoms with van der Waals surface area (Å²) in [6.45, 7) is 0.280. The lowest BCUT2D eigenvalue weighted by Gasteiger charge is -2.18. The van der Waals surface area contributed by atoms with E-state index in [0.29, 0.717) is 11.4 Å². The monoisotopic (exact) mass is 443 g/mol. The van der Waals surface area contributed by atoms with Crippen molar-refractivity contribution < 1.29 is 22.7 Å². The predicted molar refractivity (Wildman–Crippen MR) is 114 cm³/mol. The molecule has 0 spiro atoms. The molecule has 0 aromatic heterocycles. The van der Waals surface area contributed by atoms with Crippen LogP contribution >= 0.6 is 11.6 Å². The van der Waals surface area contributed by atoms with Gasteiger partial charge in [-0.3, -0.25) is 9.69 Å². The number of sulfone groups is 1. The molecule has 6 nitrogen and oxygen atoms in total. The average molecular weight is 444 g/mol. The second-order valence-corrected chi connectivity index (χ2v) is 9.04. The molecule has 1 amide bonds. The summed E-state index contributed by atoms with van der Waals surface area (Å²) in [6, 6.07) is 18.9. The third-order valence-corrected chi connectivity index (χ3v) is 6.63. The maximum atomic E-state index is 13.1. The molecule has 3 aromatic rings. The van der Waals surface area contributed by atoms with Crippen LogP contribution in [0.3, 0.4) is 0 Å². The number of para-hydroxylation sites is 1. The maximum Gasteiger partial charge on any atom is 0.259 e. The Balaban J connectivity index is 1.64. The minimum Gasteiger partial charge on any atom is -0.493 e. The maximum absolute atomic E-state index is 13.1. The number of methoxy groups -OCH3 is 1. The molecule has 1 aliphatic rings. The lowest BCUT2D eigenvalue weighted by atomic mass is 10.1. The van der Waals surface area contributed by atoms with Crippen LogP contribution in [0.15, 0.2) is 71.6 Å². The van der Waals surface area contributed by atoms with E-state index in [1.807, 2.05) is 30.3 Å². The van der Waals surface area contributed by atoms with Crippen LogP contribution in [0.4, 0.5) is 5.69 Å². The molecule has 0 unspecified atom stereocenters. The van der Waals surface area contributed by atoms with Crippen LogP contribution in [-0.4, -0.2) is 27.3 Å². The Hall–Kier alpha value is -3.03. The number of nitrogens with zero attached hydrogens (tertiary/aromatic N) is 1. The lowest BCUT2D eigenvalue weighted by molar-refractivity contribution is 0.0991. The topological polar surface area (TPSA) is 72.9 Å². The lowest BCUT2D eigenvalue weighted by Crippen LogP contribution is -2.30. The van der Waals surface area contributed by atoms with Crippen LogP contribution in [-0.2, 0) is 16.4 Å². The van der Waals surface area contributed by atoms with Crippen LogP contribution in [0.1, 0.15) is 15.9 Å². The van der Waals surface area contributed by atoms with Gasteiger partial charge in [0.25, 0.3) is 5.91 Å². The van der Waals surface area contributed by atoms with Gasteiger partial charge in [-0.2, -0.15) is 0 Å². The molecule has 0 fully saturated rings. The minimum absolute atomic E-state index is 0.138. The molecule has 0 N–H and O–H groups in total. The first-order valence-corrected chi connectivity index (χ1v) is 11.1. The van der Waals surface area contributed by atoms with Crippen molar-refractivity contribution in [1.29, 1.82) is 0 Å². The largest absolute Gasteiger partial charge is 0.493 e. The number of halogens is 1. The molecule has 0 atom stereocenters. The standard InChI is InChI=1S/C22H18ClNO5S/c1-28-19-12-16(11-17(23)21(19)29-13-15-7-3-2-4-8-15)22(25)24-14-30(26,27)20-10-6-5-9-18(20)24/h2-12H,13-14H2,1H3. The van der Waals surface area contributed by atoms with E-state index in [4.69, 9.17) is 21.1 Å². The van der Waals surface area contributed by atoms with Crippen molar-refractivity contribution in [2.75, 3.05) is 17.9 Å². The number of benzene rings is 3. The zero-order chi connectivity index (χ0) is 21.3. The first-order valence-electron chi connectivity index (χ1n) is 9.08. The second-order valence-electron chi connectivity index (χ2n) is 6.71. The first-order chi connectivity index (χ1) is 14.4. The van der Waals surface area contributed by atoms with Crippen molar-refractivity contribution in [3.8, 4) is 11.5 Å². The molecular formula is C22H18ClNO5S. The van der Waals surface area contributed by atoms with Gasteiger partial charge < -0.3 is 9.47 Å². The molecule has 4 rings (SSSR count). The summed E-state index contributed by atoms with van der Waals surface area (Å²) in [7, 11) is -2.12. The molecule has 1 aliphatic heterocycles. The van der Waals surface area contributed by atoms with Crippen molar-refractivity contribution in [2.24, 2.45) is 0 Å². The number of carbonyl (C=O) groups excluding carboxylic acids is 1. The van der Waals surface area contributed by atoms with Gasteiger partial charge in [0, 0.05) is 5.56 Å². The minimum atomic E-state index is -3.56. The van der Waals surface area contributed by atoms with Crippen molar-refractivity contribution in [3.63, 3.8) is 0 Å². The highest BCUT2D eigenvalue weighted by Crippen LogP contribution is 2.39. The molecule has 0 bridgehead atoms. The molecule has 1 heterocycles. The molecule has 0 radical (unpaired) electrons. The highest BCUT2D eigenvalue weighted by molar-refractivity contribution is 7.92. The van der Waals surface area contributed by atoms with E-state index >= 15 is 0 Å². The van der Waals surface area contributed by atoms with Crippen LogP contribution in [0.5, 0.6) is 11.5 Å². The number of amides is 1. The fourth-order valence-electron chi connectivity index (χ4n) is 3.29. The Kier molecular flexibility index (Phi) is 5.40. The van der Waals surface area contributed by atoms with Crippen molar-refractivity contribution in [2.45, 2.75) is 11.5 Å². The molecule has 0 aliphatic carbocycles. The van der Waals surface area contributed by atoms with Crippen molar-refractivity contribution >= 4 is 33.0 Å². The average Bonchev–Trinajstić information content (AvgIpc) is 3.03. The zero-order valence-electron chi connectivity index (χ0n) is 16.0. The van der Waals surface area contributed by atoms with Gasteiger partial charge >= 0.3 is 0 Å². The molecule has 8 heteroatoms. The molecule has 30 heavy (non-hydrogen) atoms. The molecule has 3 aromatic carbocycles. The van der Waals surface area contributed by atoms with E-state index in [-0.39, 0.29) is 27.8 Å². The molecule has 0 saturated heterocycles. The van der Waals surface area contributed by atoms with Crippen molar-refractivity contribution in [1.82, 2.24) is 0 Å². The normalized spacial score (nSPS) is 14.3. The highest BCUT2D eigenvalue weighted by atomic mass is 35.5. The number of hydrogen-bond acceptors (Lipinski definition) is 5. The van der Waals surface area contributed by atoms with Crippen LogP contribution in [0.25, 0.3) is 0 Å². The Morgan fingerprint density at radius 2 is 1.77 bits per heavy atom. The molecule has 154 valence electrons. The summed E-state index contributed by atoms with van der Waals surface area (Å²) < 4.78 is 36.0. The van der Waals surface area contributed by atoms with Gasteiger partial charge in [0.1, 0.15) is 12.5 Å². The van der Waals surface area contributed by atoms with E-state index in [1.165, 1.54) is 30.2 Å². The summed E-state index contributed by atoms with van der Waals surface area (Å²) in [6.07, 6.45) is 0. The summed E-state index contributed by atoms with van der Waals surface area (Å²) in [5.41, 5.74) is 1.51. The van der Waals surface area contributed by atoms with Crippen LogP contribution in [0.2, 0.25) is 5.02 Å². The number of carbonyl (C=O) groups is 1. The highest BCUT2D eigenvalue weighted by Gasteiger charge is 2.36. The van der Waals surface area contributed by atoms with E-state index in [1.54, 1.807) is 18.2 Å². The van der Waals surface area contributed by atoms with Crippen LogP contribution in [0, 0.1) is 0 Å². The van der Waals surface area contributed by atoms with Gasteiger partial charge in [-0.15, -0.1) is 0 Å². The summed E-state index contributed by atoms with van der Waals surface area (Å²) in [4.78, 5) is 14.5. The third kappa shape index (κ3) is 3.74. The smallest absolute Gasteiger partial charge is 0.259 e. The summed E-state index contributed by atoms with van der Waals surface area (Å²) in [5.74, 6) is -0.304. The van der Waals surface area contributed by atoms with Gasteiger partial charge in [-0.05, 0) is 29.8 Å². The van der Waals surface area contributed by atoms with E-state index in [9.17, 15) is 13.2 Å². The van der Waals surface area contributed by atoms with Crippen LogP contribution < -0.4 is 14.4 Å². The number of ether oxygens (including phenoxy) is 2. The zero-order valence-corrected chi connectivity index (χ0v) is 17.6. The Morgan fingerprint density at radius 1 is 1.07 bits per heavy atom. The van der Waals surface area contributed by atoms with Crippen molar-refractivity contribution in [3.05, 3.63) is 82.9 Å². The fourth-order valence-corrected chi connectivity index (χ4v) is 5.07. The quantitative estimate of drug-likeness (QED) is 0.587. The number of anilines is 1. The van der Waals surface area contributed by atoms with Gasteiger partial charge in [0.2, 0.25) is 0 Å². The van der Waals surface area contributed by atoms with E-state index in [2.05, 4.69) is 0 Å². The second kappa shape index (κ2) is 8.01. The summed E-state index contributed by atoms with van der Waals surface area (Å²) in [5, 5.41) is 0.198. The van der Waals surface area contributed by atoms with E-state index < -0.39 is 21.6 Å². The van der Waals surface area contributed by atoms with Gasteiger partial charge in [-0.1, -0.05) is 54.1 Å². The van der Waals surface area contributed by atoms with E-state index in [0.717, 1.165) is 5.56 Å². The van der Waals surface area contributed by atoms with Gasteiger partial charge in [0.05, 0.1) is 22.7 Å². The third-order valence-electron chi connectivity index (χ3n) is 4.74. The Labute approximate surface area is 179 Å². The first kappa shape index (κ1) is 20.3. The van der Waals surface area contributed by atoms with Gasteiger partial charge in [0.15, 0.2) is 21.3 Å². The number of rotatable bonds is 5. The number of hydrogen-bond donors (Lipinski definition) is 0. The summed E-state index contributed by atoms with van der Waals surface area (Å²) >= 11 is 6.39. The number of fused-ring (bicyclic) bond motifs is 1. The Bertz CT molecular complexity index is 1210. The fraction of sp³-hybridized carbons (Fsp3) is 0.136. The molecular weight excluding hydrogens is 426 g/mol. The SMILES string of the molecule is COc1cc(C(=O)N2CS(=O)(=O)c3ccccc32)cc(Cl)c1OCc1ccccc1. The Morgan fingerprint density at radius 3 is 2.50 bits per heavy atom. The molecule has 0 saturated carbocycles.